The molecule has 1 aliphatic heterocycles. The highest BCUT2D eigenvalue weighted by molar-refractivity contribution is 9.10. The predicted molar refractivity (Wildman–Crippen MR) is 139 cm³/mol. The average molecular weight is 539 g/mol. The molecular weight excluding hydrogens is 514 g/mol. The number of halogens is 2. The third kappa shape index (κ3) is 4.35. The standard InChI is InChI=1S/C28H25BrClNO3/c1-16(32)18-8-11-25-23(12-18)21-4-3-5-22(21)27(31-25)19-13-24(29)28(26(14-19)33-2)34-15-17-6-9-20(30)10-7-17/h3-4,6-14,21-22,27,31H,5,15H2,1-2H3/t21-,22+,27+/m1/s1. The first kappa shape index (κ1) is 23.0. The smallest absolute Gasteiger partial charge is 0.175 e. The van der Waals surface area contributed by atoms with Crippen molar-refractivity contribution in [1.82, 2.24) is 0 Å². The maximum absolute atomic E-state index is 11.9. The van der Waals surface area contributed by atoms with E-state index in [-0.39, 0.29) is 17.7 Å². The van der Waals surface area contributed by atoms with Crippen molar-refractivity contribution in [2.24, 2.45) is 5.92 Å². The quantitative estimate of drug-likeness (QED) is 0.258. The summed E-state index contributed by atoms with van der Waals surface area (Å²) in [6.07, 6.45) is 5.49. The normalized spacial score (nSPS) is 20.3. The Bertz CT molecular complexity index is 1270. The van der Waals surface area contributed by atoms with Gasteiger partial charge in [0.05, 0.1) is 17.6 Å². The molecule has 3 aromatic rings. The molecule has 5 rings (SSSR count). The predicted octanol–water partition coefficient (Wildman–Crippen LogP) is 7.72. The SMILES string of the molecule is COc1cc([C@@H]2Nc3ccc(C(C)=O)cc3[C@@H]3C=CC[C@@H]32)cc(Br)c1OCc1ccc(Cl)cc1. The van der Waals surface area contributed by atoms with Gasteiger partial charge in [-0.15, -0.1) is 0 Å². The number of rotatable bonds is 6. The second-order valence-corrected chi connectivity index (χ2v) is 10.1. The highest BCUT2D eigenvalue weighted by Crippen LogP contribution is 2.51. The van der Waals surface area contributed by atoms with E-state index in [1.54, 1.807) is 14.0 Å². The third-order valence-corrected chi connectivity index (χ3v) is 7.52. The number of methoxy groups -OCH3 is 1. The lowest BCUT2D eigenvalue weighted by molar-refractivity contribution is 0.101. The number of anilines is 1. The van der Waals surface area contributed by atoms with Gasteiger partial charge < -0.3 is 14.8 Å². The fourth-order valence-corrected chi connectivity index (χ4v) is 5.64. The molecule has 0 fully saturated rings. The summed E-state index contributed by atoms with van der Waals surface area (Å²) < 4.78 is 12.7. The van der Waals surface area contributed by atoms with Crippen LogP contribution in [-0.4, -0.2) is 12.9 Å². The van der Waals surface area contributed by atoms with Gasteiger partial charge in [0.15, 0.2) is 17.3 Å². The van der Waals surface area contributed by atoms with Crippen LogP contribution in [0, 0.1) is 5.92 Å². The number of hydrogen-bond acceptors (Lipinski definition) is 4. The van der Waals surface area contributed by atoms with Gasteiger partial charge in [-0.25, -0.2) is 0 Å². The van der Waals surface area contributed by atoms with Crippen LogP contribution in [0.5, 0.6) is 11.5 Å². The van der Waals surface area contributed by atoms with Gasteiger partial charge in [-0.2, -0.15) is 0 Å². The minimum atomic E-state index is 0.0892. The van der Waals surface area contributed by atoms with Crippen molar-refractivity contribution < 1.29 is 14.3 Å². The Hall–Kier alpha value is -2.76. The Labute approximate surface area is 213 Å². The number of benzene rings is 3. The molecule has 1 aliphatic carbocycles. The van der Waals surface area contributed by atoms with Gasteiger partial charge in [-0.3, -0.25) is 4.79 Å². The fourth-order valence-electron chi connectivity index (χ4n) is 4.94. The van der Waals surface area contributed by atoms with Gasteiger partial charge >= 0.3 is 0 Å². The molecule has 0 spiro atoms. The molecule has 1 N–H and O–H groups in total. The first-order chi connectivity index (χ1) is 16.4. The van der Waals surface area contributed by atoms with E-state index in [0.29, 0.717) is 29.0 Å². The number of ketones is 1. The van der Waals surface area contributed by atoms with Crippen molar-refractivity contribution in [3.8, 4) is 11.5 Å². The van der Waals surface area contributed by atoms with Crippen LogP contribution in [0.25, 0.3) is 0 Å². The van der Waals surface area contributed by atoms with Crippen LogP contribution in [0.2, 0.25) is 5.02 Å². The minimum absolute atomic E-state index is 0.0892. The van der Waals surface area contributed by atoms with Crippen LogP contribution in [-0.2, 0) is 6.61 Å². The lowest BCUT2D eigenvalue weighted by Gasteiger charge is -2.38. The molecule has 3 atom stereocenters. The Morgan fingerprint density at radius 1 is 1.15 bits per heavy atom. The molecule has 3 aromatic carbocycles. The lowest BCUT2D eigenvalue weighted by Crippen LogP contribution is -2.29. The van der Waals surface area contributed by atoms with Gasteiger partial charge in [0, 0.05) is 22.2 Å². The molecule has 0 saturated heterocycles. The summed E-state index contributed by atoms with van der Waals surface area (Å²) in [5, 5.41) is 4.43. The van der Waals surface area contributed by atoms with Gasteiger partial charge in [0.2, 0.25) is 0 Å². The number of hydrogen-bond donors (Lipinski definition) is 1. The van der Waals surface area contributed by atoms with Crippen molar-refractivity contribution in [2.45, 2.75) is 31.9 Å². The molecule has 1 heterocycles. The monoisotopic (exact) mass is 537 g/mol. The van der Waals surface area contributed by atoms with E-state index in [0.717, 1.165) is 33.3 Å². The maximum atomic E-state index is 11.9. The largest absolute Gasteiger partial charge is 0.493 e. The average Bonchev–Trinajstić information content (AvgIpc) is 3.33. The first-order valence-electron chi connectivity index (χ1n) is 11.3. The topological polar surface area (TPSA) is 47.6 Å². The van der Waals surface area contributed by atoms with Crippen LogP contribution in [0.1, 0.15) is 52.4 Å². The molecule has 0 radical (unpaired) electrons. The summed E-state index contributed by atoms with van der Waals surface area (Å²) in [6.45, 7) is 2.02. The molecule has 4 nitrogen and oxygen atoms in total. The molecule has 0 unspecified atom stereocenters. The zero-order valence-corrected chi connectivity index (χ0v) is 21.3. The van der Waals surface area contributed by atoms with Crippen LogP contribution < -0.4 is 14.8 Å². The number of fused-ring (bicyclic) bond motifs is 3. The second-order valence-electron chi connectivity index (χ2n) is 8.78. The molecule has 6 heteroatoms. The zero-order valence-electron chi connectivity index (χ0n) is 19.0. The van der Waals surface area contributed by atoms with Crippen LogP contribution in [0.15, 0.2) is 71.2 Å². The van der Waals surface area contributed by atoms with Crippen LogP contribution >= 0.6 is 27.5 Å². The second kappa shape index (κ2) is 9.47. The van der Waals surface area contributed by atoms with Crippen molar-refractivity contribution in [1.29, 1.82) is 0 Å². The molecule has 174 valence electrons. The number of ether oxygens (including phenoxy) is 2. The maximum Gasteiger partial charge on any atom is 0.175 e. The van der Waals surface area contributed by atoms with Crippen LogP contribution in [0.4, 0.5) is 5.69 Å². The van der Waals surface area contributed by atoms with E-state index in [1.807, 2.05) is 42.5 Å². The van der Waals surface area contributed by atoms with E-state index >= 15 is 0 Å². The Kier molecular flexibility index (Phi) is 6.41. The van der Waals surface area contributed by atoms with E-state index < -0.39 is 0 Å². The summed E-state index contributed by atoms with van der Waals surface area (Å²) in [7, 11) is 1.66. The van der Waals surface area contributed by atoms with E-state index in [1.165, 1.54) is 5.56 Å². The summed E-state index contributed by atoms with van der Waals surface area (Å²) in [5.41, 5.74) is 5.17. The summed E-state index contributed by atoms with van der Waals surface area (Å²) >= 11 is 9.70. The van der Waals surface area contributed by atoms with Gasteiger partial charge in [0.1, 0.15) is 6.61 Å². The number of Topliss-reactive ketones (excluding diaryl/α,β-unsaturated/α-hetero) is 1. The van der Waals surface area contributed by atoms with E-state index in [4.69, 9.17) is 21.1 Å². The Balaban J connectivity index is 1.45. The summed E-state index contributed by atoms with van der Waals surface area (Å²) in [5.74, 6) is 2.06. The zero-order chi connectivity index (χ0) is 23.8. The summed E-state index contributed by atoms with van der Waals surface area (Å²) in [6, 6.07) is 17.8. The number of carbonyl (C=O) groups is 1. The van der Waals surface area contributed by atoms with E-state index in [9.17, 15) is 4.79 Å². The number of nitrogens with one attached hydrogen (secondary N) is 1. The molecular formula is C28H25BrClNO3. The highest BCUT2D eigenvalue weighted by atomic mass is 79.9. The summed E-state index contributed by atoms with van der Waals surface area (Å²) in [4.78, 5) is 11.9. The highest BCUT2D eigenvalue weighted by Gasteiger charge is 2.38. The number of carbonyl (C=O) groups excluding carboxylic acids is 1. The van der Waals surface area contributed by atoms with Gasteiger partial charge in [0.25, 0.3) is 0 Å². The third-order valence-electron chi connectivity index (χ3n) is 6.68. The van der Waals surface area contributed by atoms with Gasteiger partial charge in [-0.05, 0) is 94.3 Å². The Morgan fingerprint density at radius 3 is 2.68 bits per heavy atom. The minimum Gasteiger partial charge on any atom is -0.493 e. The molecule has 0 amide bonds. The molecule has 0 aromatic heterocycles. The van der Waals surface area contributed by atoms with Gasteiger partial charge in [-0.1, -0.05) is 35.9 Å². The van der Waals surface area contributed by atoms with E-state index in [2.05, 4.69) is 45.5 Å². The Morgan fingerprint density at radius 2 is 1.94 bits per heavy atom. The molecule has 0 saturated carbocycles. The molecule has 0 bridgehead atoms. The molecule has 2 aliphatic rings. The van der Waals surface area contributed by atoms with Crippen molar-refractivity contribution in [3.63, 3.8) is 0 Å². The van der Waals surface area contributed by atoms with Crippen molar-refractivity contribution in [2.75, 3.05) is 12.4 Å². The fraction of sp³-hybridized carbons (Fsp3) is 0.250. The van der Waals surface area contributed by atoms with Crippen molar-refractivity contribution in [3.05, 3.63) is 98.5 Å². The van der Waals surface area contributed by atoms with Crippen molar-refractivity contribution >= 4 is 39.0 Å². The number of allylic oxidation sites excluding steroid dienone is 2. The molecule has 34 heavy (non-hydrogen) atoms. The van der Waals surface area contributed by atoms with Crippen LogP contribution in [0.3, 0.4) is 0 Å². The lowest BCUT2D eigenvalue weighted by atomic mass is 9.76. The first-order valence-corrected chi connectivity index (χ1v) is 12.4.